The van der Waals surface area contributed by atoms with Gasteiger partial charge in [0.15, 0.2) is 0 Å². The summed E-state index contributed by atoms with van der Waals surface area (Å²) >= 11 is 0. The van der Waals surface area contributed by atoms with Crippen molar-refractivity contribution in [2.75, 3.05) is 0 Å². The van der Waals surface area contributed by atoms with Gasteiger partial charge in [0.2, 0.25) is 0 Å². The lowest BCUT2D eigenvalue weighted by atomic mass is 9.71. The standard InChI is InChI=1S/C17H33N/c1-13(2)14-9-5-6-10-15(14)18-16-11-7-8-12-17(16,3)4/h13-16,18H,5-12H2,1-4H3. The molecule has 0 amide bonds. The predicted molar refractivity (Wildman–Crippen MR) is 79.8 cm³/mol. The highest BCUT2D eigenvalue weighted by Crippen LogP contribution is 2.38. The molecule has 106 valence electrons. The summed E-state index contributed by atoms with van der Waals surface area (Å²) in [5, 5.41) is 4.08. The average molecular weight is 251 g/mol. The van der Waals surface area contributed by atoms with Gasteiger partial charge >= 0.3 is 0 Å². The van der Waals surface area contributed by atoms with Crippen molar-refractivity contribution in [3.8, 4) is 0 Å². The van der Waals surface area contributed by atoms with Crippen LogP contribution in [-0.2, 0) is 0 Å². The topological polar surface area (TPSA) is 12.0 Å². The van der Waals surface area contributed by atoms with Crippen LogP contribution in [0.1, 0.15) is 79.1 Å². The zero-order valence-electron chi connectivity index (χ0n) is 13.0. The van der Waals surface area contributed by atoms with Crippen molar-refractivity contribution >= 4 is 0 Å². The van der Waals surface area contributed by atoms with Gasteiger partial charge in [-0.1, -0.05) is 53.4 Å². The quantitative estimate of drug-likeness (QED) is 0.762. The van der Waals surface area contributed by atoms with Crippen LogP contribution in [0, 0.1) is 17.3 Å². The van der Waals surface area contributed by atoms with Crippen molar-refractivity contribution in [3.05, 3.63) is 0 Å². The minimum absolute atomic E-state index is 0.511. The third-order valence-corrected chi connectivity index (χ3v) is 5.60. The van der Waals surface area contributed by atoms with Crippen LogP contribution in [0.4, 0.5) is 0 Å². The highest BCUT2D eigenvalue weighted by Gasteiger charge is 2.36. The largest absolute Gasteiger partial charge is 0.310 e. The van der Waals surface area contributed by atoms with Crippen molar-refractivity contribution < 1.29 is 0 Å². The Bertz CT molecular complexity index is 256. The van der Waals surface area contributed by atoms with Crippen LogP contribution in [0.3, 0.4) is 0 Å². The fourth-order valence-corrected chi connectivity index (χ4v) is 4.23. The fourth-order valence-electron chi connectivity index (χ4n) is 4.23. The second-order valence-electron chi connectivity index (χ2n) is 7.75. The number of hydrogen-bond donors (Lipinski definition) is 1. The first kappa shape index (κ1) is 14.4. The van der Waals surface area contributed by atoms with E-state index in [1.165, 1.54) is 51.4 Å². The summed E-state index contributed by atoms with van der Waals surface area (Å²) in [6.45, 7) is 9.77. The Balaban J connectivity index is 1.97. The predicted octanol–water partition coefficient (Wildman–Crippen LogP) is 4.76. The van der Waals surface area contributed by atoms with Gasteiger partial charge in [-0.3, -0.25) is 0 Å². The molecule has 0 spiro atoms. The second kappa shape index (κ2) is 5.94. The minimum atomic E-state index is 0.511. The lowest BCUT2D eigenvalue weighted by molar-refractivity contribution is 0.114. The lowest BCUT2D eigenvalue weighted by Crippen LogP contribution is -2.52. The first-order valence-electron chi connectivity index (χ1n) is 8.27. The van der Waals surface area contributed by atoms with E-state index < -0.39 is 0 Å². The highest BCUT2D eigenvalue weighted by atomic mass is 15.0. The molecule has 1 N–H and O–H groups in total. The molecule has 18 heavy (non-hydrogen) atoms. The Labute approximate surface area is 114 Å². The summed E-state index contributed by atoms with van der Waals surface area (Å²) in [6, 6.07) is 1.55. The van der Waals surface area contributed by atoms with E-state index in [2.05, 4.69) is 33.0 Å². The molecule has 0 bridgehead atoms. The molecule has 1 heteroatoms. The molecule has 2 fully saturated rings. The normalized spacial score (nSPS) is 36.8. The summed E-state index contributed by atoms with van der Waals surface area (Å²) in [4.78, 5) is 0. The first-order chi connectivity index (χ1) is 8.50. The molecule has 0 aliphatic heterocycles. The van der Waals surface area contributed by atoms with Gasteiger partial charge in [-0.05, 0) is 42.9 Å². The summed E-state index contributed by atoms with van der Waals surface area (Å²) in [6.07, 6.45) is 11.4. The summed E-state index contributed by atoms with van der Waals surface area (Å²) in [5.41, 5.74) is 0.511. The van der Waals surface area contributed by atoms with E-state index in [1.807, 2.05) is 0 Å². The van der Waals surface area contributed by atoms with Crippen molar-refractivity contribution in [1.29, 1.82) is 0 Å². The van der Waals surface area contributed by atoms with Crippen LogP contribution in [0.2, 0.25) is 0 Å². The van der Waals surface area contributed by atoms with Crippen LogP contribution >= 0.6 is 0 Å². The van der Waals surface area contributed by atoms with Crippen LogP contribution in [-0.4, -0.2) is 12.1 Å². The Morgan fingerprint density at radius 2 is 1.61 bits per heavy atom. The maximum Gasteiger partial charge on any atom is 0.0121 e. The zero-order chi connectivity index (χ0) is 13.2. The molecule has 0 saturated heterocycles. The summed E-state index contributed by atoms with van der Waals surface area (Å²) < 4.78 is 0. The van der Waals surface area contributed by atoms with Crippen LogP contribution < -0.4 is 5.32 Å². The summed E-state index contributed by atoms with van der Waals surface area (Å²) in [5.74, 6) is 1.76. The summed E-state index contributed by atoms with van der Waals surface area (Å²) in [7, 11) is 0. The van der Waals surface area contributed by atoms with E-state index in [9.17, 15) is 0 Å². The number of nitrogens with one attached hydrogen (secondary N) is 1. The molecule has 2 rings (SSSR count). The van der Waals surface area contributed by atoms with Gasteiger partial charge in [0.25, 0.3) is 0 Å². The molecular formula is C17H33N. The van der Waals surface area contributed by atoms with Crippen LogP contribution in [0.5, 0.6) is 0 Å². The van der Waals surface area contributed by atoms with E-state index in [1.54, 1.807) is 0 Å². The van der Waals surface area contributed by atoms with Crippen molar-refractivity contribution in [2.45, 2.75) is 91.1 Å². The average Bonchev–Trinajstić information content (AvgIpc) is 2.32. The molecular weight excluding hydrogens is 218 g/mol. The Morgan fingerprint density at radius 3 is 2.28 bits per heavy atom. The second-order valence-corrected chi connectivity index (χ2v) is 7.75. The number of hydrogen-bond acceptors (Lipinski definition) is 1. The van der Waals surface area contributed by atoms with Gasteiger partial charge in [-0.2, -0.15) is 0 Å². The maximum atomic E-state index is 4.08. The van der Waals surface area contributed by atoms with E-state index in [0.717, 1.165) is 23.9 Å². The third-order valence-electron chi connectivity index (χ3n) is 5.60. The lowest BCUT2D eigenvalue weighted by Gasteiger charge is -2.44. The van der Waals surface area contributed by atoms with Crippen molar-refractivity contribution in [1.82, 2.24) is 5.32 Å². The van der Waals surface area contributed by atoms with Crippen LogP contribution in [0.25, 0.3) is 0 Å². The van der Waals surface area contributed by atoms with E-state index in [4.69, 9.17) is 0 Å². The minimum Gasteiger partial charge on any atom is -0.310 e. The third kappa shape index (κ3) is 3.29. The molecule has 2 saturated carbocycles. The van der Waals surface area contributed by atoms with E-state index in [0.29, 0.717) is 5.41 Å². The molecule has 2 aliphatic rings. The van der Waals surface area contributed by atoms with Gasteiger partial charge in [-0.15, -0.1) is 0 Å². The SMILES string of the molecule is CC(C)C1CCCCC1NC1CCCCC1(C)C. The Kier molecular flexibility index (Phi) is 4.75. The molecule has 0 radical (unpaired) electrons. The van der Waals surface area contributed by atoms with Gasteiger partial charge in [0, 0.05) is 12.1 Å². The molecule has 1 nitrogen and oxygen atoms in total. The first-order valence-corrected chi connectivity index (χ1v) is 8.27. The zero-order valence-corrected chi connectivity index (χ0v) is 13.0. The maximum absolute atomic E-state index is 4.08. The number of rotatable bonds is 3. The van der Waals surface area contributed by atoms with Gasteiger partial charge in [0.1, 0.15) is 0 Å². The Hall–Kier alpha value is -0.0400. The van der Waals surface area contributed by atoms with Crippen molar-refractivity contribution in [2.24, 2.45) is 17.3 Å². The highest BCUT2D eigenvalue weighted by molar-refractivity contribution is 4.93. The van der Waals surface area contributed by atoms with E-state index in [-0.39, 0.29) is 0 Å². The van der Waals surface area contributed by atoms with Gasteiger partial charge in [0.05, 0.1) is 0 Å². The molecule has 0 aromatic heterocycles. The van der Waals surface area contributed by atoms with Gasteiger partial charge < -0.3 is 5.32 Å². The van der Waals surface area contributed by atoms with Crippen LogP contribution in [0.15, 0.2) is 0 Å². The molecule has 0 heterocycles. The molecule has 0 aromatic rings. The molecule has 0 aromatic carbocycles. The monoisotopic (exact) mass is 251 g/mol. The van der Waals surface area contributed by atoms with Crippen molar-refractivity contribution in [3.63, 3.8) is 0 Å². The van der Waals surface area contributed by atoms with E-state index >= 15 is 0 Å². The van der Waals surface area contributed by atoms with Gasteiger partial charge in [-0.25, -0.2) is 0 Å². The molecule has 3 atom stereocenters. The fraction of sp³-hybridized carbons (Fsp3) is 1.00. The molecule has 3 unspecified atom stereocenters. The Morgan fingerprint density at radius 1 is 0.944 bits per heavy atom. The molecule has 2 aliphatic carbocycles. The smallest absolute Gasteiger partial charge is 0.0121 e.